The van der Waals surface area contributed by atoms with Gasteiger partial charge in [-0.05, 0) is 65.2 Å². The molecule has 0 amide bonds. The zero-order valence-corrected chi connectivity index (χ0v) is 31.5. The highest BCUT2D eigenvalue weighted by Gasteiger charge is 2.25. The van der Waals surface area contributed by atoms with Gasteiger partial charge in [0.25, 0.3) is 0 Å². The number of thiophene rings is 1. The van der Waals surface area contributed by atoms with E-state index in [2.05, 4.69) is 197 Å². The van der Waals surface area contributed by atoms with Gasteiger partial charge in [0.2, 0.25) is 0 Å². The van der Waals surface area contributed by atoms with E-state index in [9.17, 15) is 0 Å². The average molecular weight is 745 g/mol. The minimum absolute atomic E-state index is 0.956. The number of rotatable bonds is 5. The van der Waals surface area contributed by atoms with E-state index >= 15 is 0 Å². The van der Waals surface area contributed by atoms with Crippen molar-refractivity contribution in [1.82, 2.24) is 19.1 Å². The minimum Gasteiger partial charge on any atom is -0.309 e. The molecule has 0 saturated carbocycles. The van der Waals surface area contributed by atoms with Crippen molar-refractivity contribution in [3.8, 4) is 44.9 Å². The van der Waals surface area contributed by atoms with Crippen LogP contribution in [-0.2, 0) is 0 Å². The first kappa shape index (κ1) is 32.0. The molecule has 12 aromatic rings. The maximum atomic E-state index is 4.94. The molecular weight excluding hydrogens is 713 g/mol. The van der Waals surface area contributed by atoms with Crippen molar-refractivity contribution in [2.75, 3.05) is 0 Å². The summed E-state index contributed by atoms with van der Waals surface area (Å²) in [5.41, 5.74) is 14.7. The Hall–Kier alpha value is -7.34. The molecule has 4 aromatic heterocycles. The van der Waals surface area contributed by atoms with E-state index < -0.39 is 0 Å². The number of benzene rings is 8. The van der Waals surface area contributed by atoms with Crippen molar-refractivity contribution < 1.29 is 0 Å². The van der Waals surface area contributed by atoms with Gasteiger partial charge in [0.1, 0.15) is 6.33 Å². The van der Waals surface area contributed by atoms with Crippen LogP contribution in [0.25, 0.3) is 109 Å². The van der Waals surface area contributed by atoms with E-state index in [1.54, 1.807) is 17.7 Å². The van der Waals surface area contributed by atoms with Gasteiger partial charge in [-0.3, -0.25) is 0 Å². The molecule has 0 aliphatic heterocycles. The second-order valence-corrected chi connectivity index (χ2v) is 15.6. The lowest BCUT2D eigenvalue weighted by atomic mass is 9.96. The van der Waals surface area contributed by atoms with Gasteiger partial charge in [0.15, 0.2) is 0 Å². The third-order valence-corrected chi connectivity index (χ3v) is 12.6. The molecule has 0 bridgehead atoms. The van der Waals surface area contributed by atoms with Crippen molar-refractivity contribution in [1.29, 1.82) is 0 Å². The summed E-state index contributed by atoms with van der Waals surface area (Å²) in [6.45, 7) is 0. The Morgan fingerprint density at radius 2 is 0.982 bits per heavy atom. The molecule has 5 heteroatoms. The highest BCUT2D eigenvalue weighted by atomic mass is 32.1. The van der Waals surface area contributed by atoms with Gasteiger partial charge in [-0.25, -0.2) is 9.97 Å². The number of para-hydroxylation sites is 2. The highest BCUT2D eigenvalue weighted by molar-refractivity contribution is 7.26. The SMILES string of the molecule is c1ccc(-c2ccc3c4c5c6ccc(-c7ncnc8c7sc7ccccc78)cc6n(-c6ccccc6)c5cc(-c5ccccc5)c4n(-c4ccccc4)c3c2)cc1. The molecule has 12 rings (SSSR count). The van der Waals surface area contributed by atoms with Crippen LogP contribution in [0.5, 0.6) is 0 Å². The predicted molar refractivity (Wildman–Crippen MR) is 240 cm³/mol. The summed E-state index contributed by atoms with van der Waals surface area (Å²) in [7, 11) is 0. The van der Waals surface area contributed by atoms with Gasteiger partial charge < -0.3 is 9.13 Å². The van der Waals surface area contributed by atoms with Gasteiger partial charge >= 0.3 is 0 Å². The number of fused-ring (bicyclic) bond motifs is 10. The summed E-state index contributed by atoms with van der Waals surface area (Å²) < 4.78 is 7.26. The van der Waals surface area contributed by atoms with Crippen molar-refractivity contribution in [2.24, 2.45) is 0 Å². The Kier molecular flexibility index (Phi) is 7.06. The Labute approximate surface area is 332 Å². The van der Waals surface area contributed by atoms with E-state index in [0.717, 1.165) is 43.9 Å². The largest absolute Gasteiger partial charge is 0.309 e. The van der Waals surface area contributed by atoms with Crippen molar-refractivity contribution >= 4 is 75.3 Å². The summed E-state index contributed by atoms with van der Waals surface area (Å²) in [5.74, 6) is 0. The van der Waals surface area contributed by atoms with Crippen molar-refractivity contribution in [2.45, 2.75) is 0 Å². The lowest BCUT2D eigenvalue weighted by molar-refractivity contribution is 1.17. The maximum Gasteiger partial charge on any atom is 0.116 e. The van der Waals surface area contributed by atoms with E-state index in [1.807, 2.05) is 0 Å². The molecule has 8 aromatic carbocycles. The molecule has 4 heterocycles. The molecule has 0 saturated heterocycles. The normalized spacial score (nSPS) is 11.9. The van der Waals surface area contributed by atoms with Gasteiger partial charge in [0.05, 0.1) is 38.0 Å². The number of hydrogen-bond donors (Lipinski definition) is 0. The fraction of sp³-hybridized carbons (Fsp3) is 0. The third-order valence-electron chi connectivity index (χ3n) is 11.4. The second kappa shape index (κ2) is 12.6. The Morgan fingerprint density at radius 1 is 0.404 bits per heavy atom. The predicted octanol–water partition coefficient (Wildman–Crippen LogP) is 14.0. The van der Waals surface area contributed by atoms with Crippen LogP contribution in [0.15, 0.2) is 194 Å². The van der Waals surface area contributed by atoms with Crippen LogP contribution in [0.3, 0.4) is 0 Å². The smallest absolute Gasteiger partial charge is 0.116 e. The first-order valence-corrected chi connectivity index (χ1v) is 20.1. The lowest BCUT2D eigenvalue weighted by Gasteiger charge is -2.14. The van der Waals surface area contributed by atoms with Gasteiger partial charge in [-0.15, -0.1) is 11.3 Å². The van der Waals surface area contributed by atoms with Gasteiger partial charge in [-0.1, -0.05) is 140 Å². The summed E-state index contributed by atoms with van der Waals surface area (Å²) in [6, 6.07) is 68.0. The van der Waals surface area contributed by atoms with Gasteiger partial charge in [0, 0.05) is 54.1 Å². The Morgan fingerprint density at radius 3 is 1.72 bits per heavy atom. The molecule has 57 heavy (non-hydrogen) atoms. The molecule has 0 N–H and O–H groups in total. The molecule has 0 aliphatic rings. The van der Waals surface area contributed by atoms with Gasteiger partial charge in [-0.2, -0.15) is 0 Å². The monoisotopic (exact) mass is 744 g/mol. The molecule has 0 radical (unpaired) electrons. The first-order chi connectivity index (χ1) is 28.3. The van der Waals surface area contributed by atoms with E-state index in [0.29, 0.717) is 0 Å². The average Bonchev–Trinajstić information content (AvgIpc) is 3.94. The maximum absolute atomic E-state index is 4.94. The first-order valence-electron chi connectivity index (χ1n) is 19.2. The second-order valence-electron chi connectivity index (χ2n) is 14.6. The zero-order chi connectivity index (χ0) is 37.5. The fourth-order valence-corrected chi connectivity index (χ4v) is 10.1. The molecule has 0 unspecified atom stereocenters. The molecule has 0 fully saturated rings. The summed E-state index contributed by atoms with van der Waals surface area (Å²) in [5, 5.41) is 6.06. The van der Waals surface area contributed by atoms with E-state index in [1.165, 1.54) is 64.9 Å². The van der Waals surface area contributed by atoms with Crippen LogP contribution in [-0.4, -0.2) is 19.1 Å². The molecule has 4 nitrogen and oxygen atoms in total. The molecule has 0 atom stereocenters. The highest BCUT2D eigenvalue weighted by Crippen LogP contribution is 2.48. The zero-order valence-electron chi connectivity index (χ0n) is 30.7. The molecular formula is C52H32N4S. The van der Waals surface area contributed by atoms with Crippen molar-refractivity contribution in [3.63, 3.8) is 0 Å². The molecule has 266 valence electrons. The van der Waals surface area contributed by atoms with Crippen LogP contribution in [0.4, 0.5) is 0 Å². The summed E-state index contributed by atoms with van der Waals surface area (Å²) in [6.07, 6.45) is 1.71. The summed E-state index contributed by atoms with van der Waals surface area (Å²) >= 11 is 1.76. The fourth-order valence-electron chi connectivity index (χ4n) is 8.93. The number of hydrogen-bond acceptors (Lipinski definition) is 3. The Bertz CT molecular complexity index is 3490. The van der Waals surface area contributed by atoms with E-state index in [-0.39, 0.29) is 0 Å². The van der Waals surface area contributed by atoms with Crippen LogP contribution in [0.1, 0.15) is 0 Å². The van der Waals surface area contributed by atoms with Crippen LogP contribution in [0, 0.1) is 0 Å². The van der Waals surface area contributed by atoms with E-state index in [4.69, 9.17) is 9.97 Å². The molecule has 0 spiro atoms. The minimum atomic E-state index is 0.956. The lowest BCUT2D eigenvalue weighted by Crippen LogP contribution is -1.97. The standard InChI is InChI=1S/C52H32N4S/c1-5-15-33(16-6-1)35-25-27-40-44(29-35)56(38-21-11-4-12-22-38)51-42(34-17-7-2-8-18-34)31-45-47(48(40)51)39-28-26-36(30-43(39)55(45)37-19-9-3-10-20-37)49-52-50(54-32-53-49)41-23-13-14-24-46(41)57-52/h1-32H. The molecule has 0 aliphatic carbocycles. The van der Waals surface area contributed by atoms with Crippen molar-refractivity contribution in [3.05, 3.63) is 194 Å². The topological polar surface area (TPSA) is 35.6 Å². The van der Waals surface area contributed by atoms with Crippen LogP contribution < -0.4 is 0 Å². The Balaban J connectivity index is 1.26. The number of aromatic nitrogens is 4. The quantitative estimate of drug-likeness (QED) is 0.176. The van der Waals surface area contributed by atoms with Crippen LogP contribution >= 0.6 is 11.3 Å². The number of nitrogens with zero attached hydrogens (tertiary/aromatic N) is 4. The van der Waals surface area contributed by atoms with Crippen LogP contribution in [0.2, 0.25) is 0 Å². The summed E-state index contributed by atoms with van der Waals surface area (Å²) in [4.78, 5) is 9.70. The third kappa shape index (κ3) is 4.86.